The number of halogens is 1. The summed E-state index contributed by atoms with van der Waals surface area (Å²) in [6.07, 6.45) is 6.74. The van der Waals surface area contributed by atoms with Gasteiger partial charge in [-0.2, -0.15) is 5.10 Å². The van der Waals surface area contributed by atoms with Crippen LogP contribution in [0.5, 0.6) is 11.5 Å². The van der Waals surface area contributed by atoms with Crippen LogP contribution in [0.1, 0.15) is 24.0 Å². The summed E-state index contributed by atoms with van der Waals surface area (Å²) in [5.74, 6) is 1.33. The van der Waals surface area contributed by atoms with Gasteiger partial charge in [0.05, 0.1) is 31.5 Å². The van der Waals surface area contributed by atoms with E-state index in [1.54, 1.807) is 19.2 Å². The molecule has 2 atom stereocenters. The van der Waals surface area contributed by atoms with Gasteiger partial charge in [0.1, 0.15) is 0 Å². The van der Waals surface area contributed by atoms with Gasteiger partial charge in [-0.05, 0) is 55.2 Å². The van der Waals surface area contributed by atoms with Crippen molar-refractivity contribution >= 4 is 33.2 Å². The first-order valence-electron chi connectivity index (χ1n) is 10.1. The Morgan fingerprint density at radius 2 is 1.70 bits per heavy atom. The number of allylic oxidation sites excluding steroid dienone is 2. The van der Waals surface area contributed by atoms with Crippen molar-refractivity contribution in [1.29, 1.82) is 0 Å². The molecule has 1 amide bonds. The lowest BCUT2D eigenvalue weighted by atomic mass is 9.76. The number of benzene rings is 2. The van der Waals surface area contributed by atoms with Crippen LogP contribution in [-0.2, 0) is 11.2 Å². The average molecular weight is 469 g/mol. The Labute approximate surface area is 185 Å². The molecule has 1 aliphatic heterocycles. The molecule has 4 rings (SSSR count). The summed E-state index contributed by atoms with van der Waals surface area (Å²) in [5, 5.41) is 7.34. The molecule has 5 nitrogen and oxygen atoms in total. The van der Waals surface area contributed by atoms with Crippen molar-refractivity contribution < 1.29 is 14.3 Å². The molecule has 0 aromatic heterocycles. The van der Waals surface area contributed by atoms with E-state index >= 15 is 0 Å². The fraction of sp³-hybridized carbons (Fsp3) is 0.333. The monoisotopic (exact) mass is 468 g/mol. The van der Waals surface area contributed by atoms with Crippen LogP contribution in [0.25, 0.3) is 0 Å². The number of aryl methyl sites for hydroxylation is 1. The smallest absolute Gasteiger partial charge is 0.251 e. The molecule has 1 aliphatic carbocycles. The topological polar surface area (TPSA) is 51.1 Å². The van der Waals surface area contributed by atoms with E-state index in [0.29, 0.717) is 11.5 Å². The number of nitrogens with zero attached hydrogens (tertiary/aromatic N) is 2. The van der Waals surface area contributed by atoms with E-state index in [2.05, 4.69) is 40.2 Å². The second-order valence-electron chi connectivity index (χ2n) is 7.47. The van der Waals surface area contributed by atoms with Gasteiger partial charge in [-0.1, -0.05) is 40.2 Å². The van der Waals surface area contributed by atoms with Crippen LogP contribution >= 0.6 is 15.9 Å². The molecular weight excluding hydrogens is 444 g/mol. The van der Waals surface area contributed by atoms with Crippen molar-refractivity contribution in [3.8, 4) is 11.5 Å². The zero-order valence-electron chi connectivity index (χ0n) is 17.2. The SMILES string of the molecule is COc1ccc(C2=NN(c3ccc(CCBr)cc3)C(=O)C3CC=CCC23)cc1OC. The molecule has 2 aromatic rings. The number of fused-ring (bicyclic) bond motifs is 1. The van der Waals surface area contributed by atoms with E-state index in [4.69, 9.17) is 14.6 Å². The van der Waals surface area contributed by atoms with Crippen molar-refractivity contribution in [3.63, 3.8) is 0 Å². The molecule has 2 aromatic carbocycles. The molecule has 0 fully saturated rings. The Bertz CT molecular complexity index is 984. The quantitative estimate of drug-likeness (QED) is 0.443. The fourth-order valence-corrected chi connectivity index (χ4v) is 4.60. The van der Waals surface area contributed by atoms with Crippen molar-refractivity contribution in [2.75, 3.05) is 24.6 Å². The molecule has 0 bridgehead atoms. The summed E-state index contributed by atoms with van der Waals surface area (Å²) in [4.78, 5) is 13.3. The minimum Gasteiger partial charge on any atom is -0.493 e. The maximum atomic E-state index is 13.3. The van der Waals surface area contributed by atoms with Crippen LogP contribution < -0.4 is 14.5 Å². The number of carbonyl (C=O) groups is 1. The summed E-state index contributed by atoms with van der Waals surface area (Å²) in [6, 6.07) is 13.9. The van der Waals surface area contributed by atoms with Gasteiger partial charge in [-0.15, -0.1) is 0 Å². The Morgan fingerprint density at radius 3 is 2.37 bits per heavy atom. The third kappa shape index (κ3) is 3.88. The molecule has 1 heterocycles. The van der Waals surface area contributed by atoms with E-state index in [1.807, 2.05) is 30.3 Å². The Hall–Kier alpha value is -2.60. The van der Waals surface area contributed by atoms with E-state index < -0.39 is 0 Å². The Morgan fingerprint density at radius 1 is 1.00 bits per heavy atom. The second kappa shape index (κ2) is 9.04. The van der Waals surface area contributed by atoms with Gasteiger partial charge in [0.15, 0.2) is 11.5 Å². The summed E-state index contributed by atoms with van der Waals surface area (Å²) < 4.78 is 10.9. The normalized spacial score (nSPS) is 20.6. The number of hydrazone groups is 1. The zero-order chi connectivity index (χ0) is 21.1. The highest BCUT2D eigenvalue weighted by Crippen LogP contribution is 2.38. The molecular formula is C24H25BrN2O3. The first-order chi connectivity index (χ1) is 14.7. The van der Waals surface area contributed by atoms with E-state index in [1.165, 1.54) is 5.56 Å². The standard InChI is InChI=1S/C24H25BrN2O3/c1-29-21-12-9-17(15-22(21)30-2)23-19-5-3-4-6-20(19)24(28)27(26-23)18-10-7-16(8-11-18)13-14-25/h3-4,7-12,15,19-20H,5-6,13-14H2,1-2H3. The lowest BCUT2D eigenvalue weighted by molar-refractivity contribution is -0.123. The lowest BCUT2D eigenvalue weighted by Gasteiger charge is -2.37. The third-order valence-electron chi connectivity index (χ3n) is 5.76. The number of carbonyl (C=O) groups excluding carboxylic acids is 1. The van der Waals surface area contributed by atoms with Crippen molar-refractivity contribution in [2.24, 2.45) is 16.9 Å². The number of amides is 1. The first kappa shape index (κ1) is 20.7. The van der Waals surface area contributed by atoms with Crippen LogP contribution in [0, 0.1) is 11.8 Å². The number of methoxy groups -OCH3 is 2. The number of hydrogen-bond donors (Lipinski definition) is 0. The molecule has 6 heteroatoms. The average Bonchev–Trinajstić information content (AvgIpc) is 2.80. The van der Waals surface area contributed by atoms with Crippen LogP contribution in [0.2, 0.25) is 0 Å². The summed E-state index contributed by atoms with van der Waals surface area (Å²) in [7, 11) is 3.25. The van der Waals surface area contributed by atoms with Crippen molar-refractivity contribution in [3.05, 3.63) is 65.7 Å². The van der Waals surface area contributed by atoms with Crippen LogP contribution in [0.15, 0.2) is 59.7 Å². The van der Waals surface area contributed by atoms with Gasteiger partial charge in [-0.25, -0.2) is 5.01 Å². The van der Waals surface area contributed by atoms with Crippen LogP contribution in [0.3, 0.4) is 0 Å². The van der Waals surface area contributed by atoms with Gasteiger partial charge < -0.3 is 9.47 Å². The first-order valence-corrected chi connectivity index (χ1v) is 11.2. The molecule has 156 valence electrons. The molecule has 0 saturated carbocycles. The maximum Gasteiger partial charge on any atom is 0.251 e. The number of alkyl halides is 1. The highest BCUT2D eigenvalue weighted by Gasteiger charge is 2.40. The van der Waals surface area contributed by atoms with Crippen LogP contribution in [-0.4, -0.2) is 31.2 Å². The van der Waals surface area contributed by atoms with Gasteiger partial charge >= 0.3 is 0 Å². The summed E-state index contributed by atoms with van der Waals surface area (Å²) >= 11 is 3.47. The summed E-state index contributed by atoms with van der Waals surface area (Å²) in [5.41, 5.74) is 3.88. The molecule has 0 saturated heterocycles. The van der Waals surface area contributed by atoms with Gasteiger partial charge in [0.25, 0.3) is 5.91 Å². The van der Waals surface area contributed by atoms with Gasteiger partial charge in [0.2, 0.25) is 0 Å². The predicted molar refractivity (Wildman–Crippen MR) is 123 cm³/mol. The molecule has 2 aliphatic rings. The second-order valence-corrected chi connectivity index (χ2v) is 8.26. The zero-order valence-corrected chi connectivity index (χ0v) is 18.8. The molecule has 0 radical (unpaired) electrons. The number of anilines is 1. The van der Waals surface area contributed by atoms with E-state index in [0.717, 1.165) is 41.6 Å². The third-order valence-corrected chi connectivity index (χ3v) is 6.16. The van der Waals surface area contributed by atoms with E-state index in [-0.39, 0.29) is 17.7 Å². The maximum absolute atomic E-state index is 13.3. The van der Waals surface area contributed by atoms with Gasteiger partial charge in [0, 0.05) is 16.8 Å². The Kier molecular flexibility index (Phi) is 6.23. The Balaban J connectivity index is 1.77. The lowest BCUT2D eigenvalue weighted by Crippen LogP contribution is -2.45. The molecule has 30 heavy (non-hydrogen) atoms. The number of hydrogen-bond acceptors (Lipinski definition) is 4. The van der Waals surface area contributed by atoms with Crippen molar-refractivity contribution in [2.45, 2.75) is 19.3 Å². The number of rotatable bonds is 6. The molecule has 0 N–H and O–H groups in total. The minimum atomic E-state index is -0.113. The predicted octanol–water partition coefficient (Wildman–Crippen LogP) is 4.97. The fourth-order valence-electron chi connectivity index (χ4n) is 4.14. The molecule has 0 spiro atoms. The molecule has 2 unspecified atom stereocenters. The van der Waals surface area contributed by atoms with E-state index in [9.17, 15) is 4.79 Å². The largest absolute Gasteiger partial charge is 0.493 e. The summed E-state index contributed by atoms with van der Waals surface area (Å²) in [6.45, 7) is 0. The van der Waals surface area contributed by atoms with Crippen LogP contribution in [0.4, 0.5) is 5.69 Å². The number of ether oxygens (including phenoxy) is 2. The highest BCUT2D eigenvalue weighted by molar-refractivity contribution is 9.09. The highest BCUT2D eigenvalue weighted by atomic mass is 79.9. The van der Waals surface area contributed by atoms with Crippen molar-refractivity contribution in [1.82, 2.24) is 0 Å². The minimum absolute atomic E-state index is 0.0572. The van der Waals surface area contributed by atoms with Gasteiger partial charge in [-0.3, -0.25) is 4.79 Å².